The third-order valence-electron chi connectivity index (χ3n) is 2.28. The number of rotatable bonds is 3. The average Bonchev–Trinajstić information content (AvgIpc) is 2.35. The molecule has 18 heavy (non-hydrogen) atoms. The monoisotopic (exact) mass is 272 g/mol. The van der Waals surface area contributed by atoms with Crippen LogP contribution in [0.25, 0.3) is 0 Å². The Bertz CT molecular complexity index is 521. The van der Waals surface area contributed by atoms with Crippen molar-refractivity contribution in [2.45, 2.75) is 6.61 Å². The SMILES string of the molecule is Fc1ccc(COc2ccc(Cl)c(F)c2)cc1F. The molecule has 0 aliphatic heterocycles. The fraction of sp³-hybridized carbons (Fsp3) is 0.0769. The summed E-state index contributed by atoms with van der Waals surface area (Å²) in [5, 5.41) is -0.00447. The Morgan fingerprint density at radius 2 is 1.67 bits per heavy atom. The molecule has 0 unspecified atom stereocenters. The summed E-state index contributed by atoms with van der Waals surface area (Å²) in [5.74, 6) is -2.20. The van der Waals surface area contributed by atoms with Crippen molar-refractivity contribution < 1.29 is 17.9 Å². The lowest BCUT2D eigenvalue weighted by molar-refractivity contribution is 0.303. The lowest BCUT2D eigenvalue weighted by Crippen LogP contribution is -1.97. The maximum absolute atomic E-state index is 13.1. The fourth-order valence-corrected chi connectivity index (χ4v) is 1.48. The van der Waals surface area contributed by atoms with E-state index in [1.807, 2.05) is 0 Å². The molecule has 2 aromatic rings. The molecule has 2 rings (SSSR count). The number of benzene rings is 2. The van der Waals surface area contributed by atoms with Gasteiger partial charge in [-0.3, -0.25) is 0 Å². The minimum absolute atomic E-state index is 0.00447. The van der Waals surface area contributed by atoms with E-state index in [2.05, 4.69) is 0 Å². The van der Waals surface area contributed by atoms with Crippen LogP contribution in [-0.2, 0) is 6.61 Å². The predicted octanol–water partition coefficient (Wildman–Crippen LogP) is 4.34. The second-order valence-corrected chi connectivity index (χ2v) is 4.02. The normalized spacial score (nSPS) is 10.4. The number of halogens is 4. The lowest BCUT2D eigenvalue weighted by atomic mass is 10.2. The van der Waals surface area contributed by atoms with Crippen molar-refractivity contribution >= 4 is 11.6 Å². The molecule has 0 aliphatic carbocycles. The summed E-state index contributed by atoms with van der Waals surface area (Å²) < 4.78 is 43.9. The third kappa shape index (κ3) is 2.96. The van der Waals surface area contributed by atoms with Gasteiger partial charge < -0.3 is 4.74 Å². The number of hydrogen-bond donors (Lipinski definition) is 0. The molecule has 0 spiro atoms. The van der Waals surface area contributed by atoms with Gasteiger partial charge in [0.15, 0.2) is 11.6 Å². The summed E-state index contributed by atoms with van der Waals surface area (Å²) in [4.78, 5) is 0. The van der Waals surface area contributed by atoms with Crippen LogP contribution < -0.4 is 4.74 Å². The zero-order chi connectivity index (χ0) is 13.1. The Hall–Kier alpha value is -1.68. The van der Waals surface area contributed by atoms with Gasteiger partial charge in [-0.25, -0.2) is 13.2 Å². The third-order valence-corrected chi connectivity index (χ3v) is 2.59. The van der Waals surface area contributed by atoms with E-state index in [1.165, 1.54) is 18.2 Å². The molecule has 0 radical (unpaired) electrons. The van der Waals surface area contributed by atoms with Crippen molar-refractivity contribution in [1.82, 2.24) is 0 Å². The van der Waals surface area contributed by atoms with Crippen LogP contribution in [0.5, 0.6) is 5.75 Å². The maximum Gasteiger partial charge on any atom is 0.159 e. The van der Waals surface area contributed by atoms with Crippen LogP contribution in [0.4, 0.5) is 13.2 Å². The van der Waals surface area contributed by atoms with Gasteiger partial charge in [-0.15, -0.1) is 0 Å². The van der Waals surface area contributed by atoms with Crippen LogP contribution in [0.15, 0.2) is 36.4 Å². The molecule has 5 heteroatoms. The van der Waals surface area contributed by atoms with Gasteiger partial charge >= 0.3 is 0 Å². The van der Waals surface area contributed by atoms with Gasteiger partial charge in [0.05, 0.1) is 5.02 Å². The molecule has 2 aromatic carbocycles. The summed E-state index contributed by atoms with van der Waals surface area (Å²) in [7, 11) is 0. The highest BCUT2D eigenvalue weighted by molar-refractivity contribution is 6.30. The standard InChI is InChI=1S/C13H8ClF3O/c14-10-3-2-9(6-12(10)16)18-7-8-1-4-11(15)13(17)5-8/h1-6H,7H2. The first-order valence-electron chi connectivity index (χ1n) is 5.08. The van der Waals surface area contributed by atoms with Crippen LogP contribution in [0, 0.1) is 17.5 Å². The Labute approximate surface area is 107 Å². The van der Waals surface area contributed by atoms with E-state index >= 15 is 0 Å². The van der Waals surface area contributed by atoms with E-state index < -0.39 is 17.5 Å². The summed E-state index contributed by atoms with van der Waals surface area (Å²) in [6.45, 7) is 0.0122. The number of ether oxygens (including phenoxy) is 1. The smallest absolute Gasteiger partial charge is 0.159 e. The van der Waals surface area contributed by atoms with Crippen molar-refractivity contribution in [3.05, 3.63) is 64.4 Å². The van der Waals surface area contributed by atoms with Gasteiger partial charge in [-0.2, -0.15) is 0 Å². The topological polar surface area (TPSA) is 9.23 Å². The lowest BCUT2D eigenvalue weighted by Gasteiger charge is -2.07. The highest BCUT2D eigenvalue weighted by Crippen LogP contribution is 2.21. The largest absolute Gasteiger partial charge is 0.489 e. The molecule has 0 fully saturated rings. The molecule has 0 bridgehead atoms. The first-order valence-corrected chi connectivity index (χ1v) is 5.46. The van der Waals surface area contributed by atoms with Crippen LogP contribution in [-0.4, -0.2) is 0 Å². The molecule has 0 atom stereocenters. The first-order chi connectivity index (χ1) is 8.56. The Balaban J connectivity index is 2.06. The van der Waals surface area contributed by atoms with Gasteiger partial charge in [-0.1, -0.05) is 17.7 Å². The van der Waals surface area contributed by atoms with Crippen molar-refractivity contribution in [2.75, 3.05) is 0 Å². The molecule has 0 saturated carbocycles. The van der Waals surface area contributed by atoms with Crippen LogP contribution in [0.1, 0.15) is 5.56 Å². The zero-order valence-electron chi connectivity index (χ0n) is 9.09. The highest BCUT2D eigenvalue weighted by Gasteiger charge is 2.05. The van der Waals surface area contributed by atoms with Crippen molar-refractivity contribution in [1.29, 1.82) is 0 Å². The molecule has 1 nitrogen and oxygen atoms in total. The maximum atomic E-state index is 13.1. The minimum atomic E-state index is -0.946. The molecule has 0 heterocycles. The van der Waals surface area contributed by atoms with Gasteiger partial charge in [-0.05, 0) is 29.8 Å². The van der Waals surface area contributed by atoms with E-state index in [0.717, 1.165) is 18.2 Å². The number of hydrogen-bond acceptors (Lipinski definition) is 1. The summed E-state index contributed by atoms with van der Waals surface area (Å²) in [6.07, 6.45) is 0. The van der Waals surface area contributed by atoms with Crippen molar-refractivity contribution in [3.63, 3.8) is 0 Å². The molecule has 0 aliphatic rings. The molecule has 94 valence electrons. The fourth-order valence-electron chi connectivity index (χ4n) is 1.36. The Morgan fingerprint density at radius 3 is 2.33 bits per heavy atom. The summed E-state index contributed by atoms with van der Waals surface area (Å²) >= 11 is 5.51. The van der Waals surface area contributed by atoms with E-state index in [-0.39, 0.29) is 17.4 Å². The van der Waals surface area contributed by atoms with E-state index in [9.17, 15) is 13.2 Å². The van der Waals surface area contributed by atoms with Gasteiger partial charge in [0.25, 0.3) is 0 Å². The molecule has 0 aromatic heterocycles. The van der Waals surface area contributed by atoms with Crippen LogP contribution >= 0.6 is 11.6 Å². The molecular formula is C13H8ClF3O. The van der Waals surface area contributed by atoms with Gasteiger partial charge in [0.2, 0.25) is 0 Å². The van der Waals surface area contributed by atoms with E-state index in [0.29, 0.717) is 5.56 Å². The summed E-state index contributed by atoms with van der Waals surface area (Å²) in [6, 6.07) is 7.41. The van der Waals surface area contributed by atoms with Crippen LogP contribution in [0.2, 0.25) is 5.02 Å². The van der Waals surface area contributed by atoms with Crippen LogP contribution in [0.3, 0.4) is 0 Å². The zero-order valence-corrected chi connectivity index (χ0v) is 9.85. The molecule has 0 amide bonds. The quantitative estimate of drug-likeness (QED) is 0.808. The van der Waals surface area contributed by atoms with E-state index in [4.69, 9.17) is 16.3 Å². The molecule has 0 saturated heterocycles. The van der Waals surface area contributed by atoms with E-state index in [1.54, 1.807) is 0 Å². The van der Waals surface area contributed by atoms with Crippen molar-refractivity contribution in [2.24, 2.45) is 0 Å². The Kier molecular flexibility index (Phi) is 3.77. The molecule has 0 N–H and O–H groups in total. The molecular weight excluding hydrogens is 265 g/mol. The van der Waals surface area contributed by atoms with Gasteiger partial charge in [0, 0.05) is 6.07 Å². The second-order valence-electron chi connectivity index (χ2n) is 3.61. The van der Waals surface area contributed by atoms with Crippen molar-refractivity contribution in [3.8, 4) is 5.75 Å². The first kappa shape index (κ1) is 12.8. The van der Waals surface area contributed by atoms with Gasteiger partial charge in [0.1, 0.15) is 18.2 Å². The second kappa shape index (κ2) is 5.31. The summed E-state index contributed by atoms with van der Waals surface area (Å²) in [5.41, 5.74) is 0.448. The predicted molar refractivity (Wildman–Crippen MR) is 62.1 cm³/mol. The minimum Gasteiger partial charge on any atom is -0.489 e. The Morgan fingerprint density at radius 1 is 0.889 bits per heavy atom. The average molecular weight is 273 g/mol. The highest BCUT2D eigenvalue weighted by atomic mass is 35.5.